The number of rotatable bonds is 9. The molecular formula is C26H33ClN2O5. The minimum Gasteiger partial charge on any atom is -0.465 e. The first-order valence-corrected chi connectivity index (χ1v) is 12.1. The number of hydrogen-bond donors (Lipinski definition) is 4. The summed E-state index contributed by atoms with van der Waals surface area (Å²) >= 11 is 6.70. The lowest BCUT2D eigenvalue weighted by atomic mass is 9.72. The Bertz CT molecular complexity index is 1010. The molecule has 3 rings (SSSR count). The standard InChI is InChI=1S/C26H33ClN2O5/c1-2-18-7-3-8-19(15-18)24-21(10-4-11-22(24)27)26(34,12-6-13-28-23(31)17-30)20-9-5-14-29(16-20)25(32)33/h3-4,7-8,10-11,15,20,30,34H,2,5-6,9,12-14,16-17H2,1H3,(H,28,31)(H,32,33)/t20-,26?/m1/s1. The molecule has 1 heterocycles. The monoisotopic (exact) mass is 488 g/mol. The third-order valence-electron chi connectivity index (χ3n) is 6.67. The van der Waals surface area contributed by atoms with E-state index in [9.17, 15) is 19.8 Å². The van der Waals surface area contributed by atoms with E-state index < -0.39 is 24.2 Å². The second-order valence-electron chi connectivity index (χ2n) is 8.82. The Kier molecular flexibility index (Phi) is 8.94. The third-order valence-corrected chi connectivity index (χ3v) is 6.99. The van der Waals surface area contributed by atoms with Crippen LogP contribution in [0.2, 0.25) is 5.02 Å². The summed E-state index contributed by atoms with van der Waals surface area (Å²) in [6.45, 7) is 2.43. The van der Waals surface area contributed by atoms with Crippen molar-refractivity contribution in [1.29, 1.82) is 0 Å². The number of benzene rings is 2. The first-order chi connectivity index (χ1) is 16.3. The molecule has 1 aliphatic rings. The summed E-state index contributed by atoms with van der Waals surface area (Å²) in [6, 6.07) is 13.5. The van der Waals surface area contributed by atoms with Crippen LogP contribution in [0.5, 0.6) is 0 Å². The topological polar surface area (TPSA) is 110 Å². The van der Waals surface area contributed by atoms with Crippen molar-refractivity contribution in [3.05, 3.63) is 58.6 Å². The van der Waals surface area contributed by atoms with E-state index in [4.69, 9.17) is 16.7 Å². The fraction of sp³-hybridized carbons (Fsp3) is 0.462. The van der Waals surface area contributed by atoms with E-state index in [0.29, 0.717) is 42.8 Å². The molecule has 1 fully saturated rings. The number of aliphatic hydroxyl groups is 2. The Balaban J connectivity index is 2.04. The maximum atomic E-state index is 12.3. The molecule has 2 atom stereocenters. The van der Waals surface area contributed by atoms with Crippen molar-refractivity contribution in [1.82, 2.24) is 10.2 Å². The number of amides is 2. The van der Waals surface area contributed by atoms with Gasteiger partial charge in [-0.25, -0.2) is 4.79 Å². The smallest absolute Gasteiger partial charge is 0.407 e. The first-order valence-electron chi connectivity index (χ1n) is 11.8. The van der Waals surface area contributed by atoms with Gasteiger partial charge < -0.3 is 25.5 Å². The number of carbonyl (C=O) groups excluding carboxylic acids is 1. The van der Waals surface area contributed by atoms with Crippen LogP contribution in [-0.2, 0) is 16.8 Å². The summed E-state index contributed by atoms with van der Waals surface area (Å²) in [5.74, 6) is -0.810. The van der Waals surface area contributed by atoms with Gasteiger partial charge in [0.1, 0.15) is 6.61 Å². The predicted molar refractivity (Wildman–Crippen MR) is 132 cm³/mol. The molecule has 1 saturated heterocycles. The molecule has 0 radical (unpaired) electrons. The Hall–Kier alpha value is -2.61. The van der Waals surface area contributed by atoms with E-state index in [0.717, 1.165) is 23.1 Å². The predicted octanol–water partition coefficient (Wildman–Crippen LogP) is 4.04. The number of carboxylic acid groups (broad SMARTS) is 1. The van der Waals surface area contributed by atoms with Crippen molar-refractivity contribution in [2.45, 2.75) is 44.6 Å². The van der Waals surface area contributed by atoms with Gasteiger partial charge in [0.15, 0.2) is 0 Å². The van der Waals surface area contributed by atoms with E-state index in [-0.39, 0.29) is 19.0 Å². The summed E-state index contributed by atoms with van der Waals surface area (Å²) in [7, 11) is 0. The van der Waals surface area contributed by atoms with Gasteiger partial charge in [-0.1, -0.05) is 54.9 Å². The van der Waals surface area contributed by atoms with Crippen LogP contribution in [0.25, 0.3) is 11.1 Å². The first kappa shape index (κ1) is 26.0. The van der Waals surface area contributed by atoms with Crippen LogP contribution < -0.4 is 5.32 Å². The van der Waals surface area contributed by atoms with Crippen molar-refractivity contribution in [2.24, 2.45) is 5.92 Å². The van der Waals surface area contributed by atoms with Gasteiger partial charge in [-0.2, -0.15) is 0 Å². The van der Waals surface area contributed by atoms with E-state index in [1.54, 1.807) is 12.1 Å². The van der Waals surface area contributed by atoms with Crippen LogP contribution in [0.1, 0.15) is 43.7 Å². The quantitative estimate of drug-likeness (QED) is 0.398. The van der Waals surface area contributed by atoms with Gasteiger partial charge in [-0.3, -0.25) is 4.79 Å². The van der Waals surface area contributed by atoms with Crippen LogP contribution in [0.3, 0.4) is 0 Å². The van der Waals surface area contributed by atoms with E-state index in [1.807, 2.05) is 24.3 Å². The van der Waals surface area contributed by atoms with Crippen LogP contribution in [0, 0.1) is 5.92 Å². The van der Waals surface area contributed by atoms with Crippen molar-refractivity contribution in [2.75, 3.05) is 26.2 Å². The Morgan fingerprint density at radius 3 is 2.71 bits per heavy atom. The number of nitrogens with zero attached hydrogens (tertiary/aromatic N) is 1. The van der Waals surface area contributed by atoms with Crippen molar-refractivity contribution in [3.63, 3.8) is 0 Å². The zero-order valence-electron chi connectivity index (χ0n) is 19.5. The SMILES string of the molecule is CCc1cccc(-c2c(Cl)cccc2C(O)(CCCNC(=O)CO)[C@@H]2CCCN(C(=O)O)C2)c1. The summed E-state index contributed by atoms with van der Waals surface area (Å²) in [5, 5.41) is 34.0. The molecule has 1 unspecified atom stereocenters. The van der Waals surface area contributed by atoms with Gasteiger partial charge in [0.05, 0.1) is 5.60 Å². The molecule has 0 aliphatic carbocycles. The minimum absolute atomic E-state index is 0.218. The van der Waals surface area contributed by atoms with Gasteiger partial charge in [-0.05, 0) is 54.9 Å². The lowest BCUT2D eigenvalue weighted by molar-refractivity contribution is -0.124. The van der Waals surface area contributed by atoms with Crippen LogP contribution >= 0.6 is 11.6 Å². The van der Waals surface area contributed by atoms with Gasteiger partial charge in [0.25, 0.3) is 0 Å². The Morgan fingerprint density at radius 1 is 1.24 bits per heavy atom. The second kappa shape index (κ2) is 11.7. The fourth-order valence-electron chi connectivity index (χ4n) is 4.87. The van der Waals surface area contributed by atoms with E-state index >= 15 is 0 Å². The Labute approximate surface area is 205 Å². The maximum absolute atomic E-state index is 12.3. The van der Waals surface area contributed by atoms with Crippen LogP contribution in [-0.4, -0.2) is 58.5 Å². The molecule has 8 heteroatoms. The highest BCUT2D eigenvalue weighted by Crippen LogP contribution is 2.45. The highest BCUT2D eigenvalue weighted by atomic mass is 35.5. The summed E-state index contributed by atoms with van der Waals surface area (Å²) < 4.78 is 0. The molecule has 0 spiro atoms. The number of halogens is 1. The number of likely N-dealkylation sites (tertiary alicyclic amines) is 1. The molecular weight excluding hydrogens is 456 g/mol. The number of carbonyl (C=O) groups is 2. The largest absolute Gasteiger partial charge is 0.465 e. The van der Waals surface area contributed by atoms with Crippen LogP contribution in [0.4, 0.5) is 4.79 Å². The summed E-state index contributed by atoms with van der Waals surface area (Å²) in [5.41, 5.74) is 2.10. The molecule has 4 N–H and O–H groups in total. The minimum atomic E-state index is -1.36. The van der Waals surface area contributed by atoms with Gasteiger partial charge in [0.2, 0.25) is 5.91 Å². The third kappa shape index (κ3) is 5.90. The highest BCUT2D eigenvalue weighted by Gasteiger charge is 2.42. The number of hydrogen-bond acceptors (Lipinski definition) is 4. The average Bonchev–Trinajstić information content (AvgIpc) is 2.86. The molecule has 0 bridgehead atoms. The van der Waals surface area contributed by atoms with E-state index in [2.05, 4.69) is 18.3 Å². The van der Waals surface area contributed by atoms with Crippen molar-refractivity contribution >= 4 is 23.6 Å². The fourth-order valence-corrected chi connectivity index (χ4v) is 5.15. The van der Waals surface area contributed by atoms with Crippen molar-refractivity contribution in [3.8, 4) is 11.1 Å². The zero-order chi connectivity index (χ0) is 24.7. The molecule has 2 aromatic rings. The summed E-state index contributed by atoms with van der Waals surface area (Å²) in [6.07, 6.45) is 1.94. The number of aliphatic hydroxyl groups excluding tert-OH is 1. The lowest BCUT2D eigenvalue weighted by Gasteiger charge is -2.43. The normalized spacial score (nSPS) is 17.8. The second-order valence-corrected chi connectivity index (χ2v) is 9.23. The van der Waals surface area contributed by atoms with Gasteiger partial charge >= 0.3 is 6.09 Å². The number of nitrogens with one attached hydrogen (secondary N) is 1. The maximum Gasteiger partial charge on any atom is 0.407 e. The molecule has 0 aromatic heterocycles. The molecule has 7 nitrogen and oxygen atoms in total. The van der Waals surface area contributed by atoms with Gasteiger partial charge in [-0.15, -0.1) is 0 Å². The molecule has 184 valence electrons. The van der Waals surface area contributed by atoms with Crippen LogP contribution in [0.15, 0.2) is 42.5 Å². The van der Waals surface area contributed by atoms with E-state index in [1.165, 1.54) is 4.90 Å². The molecule has 1 aliphatic heterocycles. The lowest BCUT2D eigenvalue weighted by Crippen LogP contribution is -2.48. The highest BCUT2D eigenvalue weighted by molar-refractivity contribution is 6.33. The average molecular weight is 489 g/mol. The molecule has 2 amide bonds. The zero-order valence-corrected chi connectivity index (χ0v) is 20.2. The Morgan fingerprint density at radius 2 is 2.00 bits per heavy atom. The summed E-state index contributed by atoms with van der Waals surface area (Å²) in [4.78, 5) is 24.5. The number of piperidine rings is 1. The van der Waals surface area contributed by atoms with Gasteiger partial charge in [0, 0.05) is 36.1 Å². The molecule has 2 aromatic carbocycles. The number of aryl methyl sites for hydroxylation is 1. The molecule has 34 heavy (non-hydrogen) atoms. The molecule has 0 saturated carbocycles. The van der Waals surface area contributed by atoms with Crippen molar-refractivity contribution < 1.29 is 24.9 Å².